The number of carbonyl (C=O) groups is 2. The molecule has 0 saturated heterocycles. The fraction of sp³-hybridized carbons (Fsp3) is 0.259. The van der Waals surface area contributed by atoms with E-state index in [1.54, 1.807) is 39.3 Å². The fourth-order valence-electron chi connectivity index (χ4n) is 3.49. The lowest BCUT2D eigenvalue weighted by atomic mass is 10.2. The quantitative estimate of drug-likeness (QED) is 0.190. The summed E-state index contributed by atoms with van der Waals surface area (Å²) in [5.41, 5.74) is 1.70. The van der Waals surface area contributed by atoms with E-state index in [1.807, 2.05) is 54.8 Å². The Kier molecular flexibility index (Phi) is 9.74. The van der Waals surface area contributed by atoms with Gasteiger partial charge in [-0.3, -0.25) is 19.7 Å². The lowest BCUT2D eigenvalue weighted by molar-refractivity contribution is -0.384. The third kappa shape index (κ3) is 8.19. The smallest absolute Gasteiger partial charge is 0.269 e. The topological polar surface area (TPSA) is 83.8 Å². The maximum absolute atomic E-state index is 13.4. The highest BCUT2D eigenvalue weighted by molar-refractivity contribution is 7.09. The maximum Gasteiger partial charge on any atom is 0.269 e. The summed E-state index contributed by atoms with van der Waals surface area (Å²) in [4.78, 5) is 41.2. The van der Waals surface area contributed by atoms with Crippen LogP contribution in [0.2, 0.25) is 0 Å². The van der Waals surface area contributed by atoms with Gasteiger partial charge in [0.2, 0.25) is 11.8 Å². The van der Waals surface area contributed by atoms with Crippen molar-refractivity contribution in [2.45, 2.75) is 32.9 Å². The minimum absolute atomic E-state index is 0.00658. The summed E-state index contributed by atoms with van der Waals surface area (Å²) < 4.78 is 0. The van der Waals surface area contributed by atoms with Gasteiger partial charge in [0.1, 0.15) is 6.54 Å². The summed E-state index contributed by atoms with van der Waals surface area (Å²) in [6, 6.07) is 19.8. The number of amides is 2. The van der Waals surface area contributed by atoms with Crippen molar-refractivity contribution < 1.29 is 14.5 Å². The molecule has 35 heavy (non-hydrogen) atoms. The van der Waals surface area contributed by atoms with Crippen molar-refractivity contribution in [2.75, 3.05) is 13.1 Å². The lowest BCUT2D eigenvalue weighted by Crippen LogP contribution is -2.42. The van der Waals surface area contributed by atoms with Crippen LogP contribution in [0, 0.1) is 10.1 Å². The Morgan fingerprint density at radius 1 is 0.971 bits per heavy atom. The first kappa shape index (κ1) is 25.8. The summed E-state index contributed by atoms with van der Waals surface area (Å²) in [6.07, 6.45) is 4.72. The van der Waals surface area contributed by atoms with Crippen LogP contribution in [0.15, 0.2) is 78.2 Å². The van der Waals surface area contributed by atoms with Crippen molar-refractivity contribution in [1.29, 1.82) is 0 Å². The van der Waals surface area contributed by atoms with Gasteiger partial charge in [0.25, 0.3) is 5.69 Å². The number of non-ortho nitro benzene ring substituents is 1. The van der Waals surface area contributed by atoms with E-state index >= 15 is 0 Å². The normalized spacial score (nSPS) is 10.9. The number of rotatable bonds is 12. The van der Waals surface area contributed by atoms with E-state index in [0.29, 0.717) is 25.2 Å². The van der Waals surface area contributed by atoms with E-state index in [4.69, 9.17) is 0 Å². The zero-order valence-electron chi connectivity index (χ0n) is 19.7. The standard InChI is InChI=1S/C27H29N3O4S/c1-2-3-17-28(26(31)16-13-22-11-14-24(15-12-22)30(33)34)21-27(32)29(20-25-10-7-18-35-25)19-23-8-5-4-6-9-23/h4-16,18H,2-3,17,19-21H2,1H3. The molecule has 0 atom stereocenters. The first-order valence-electron chi connectivity index (χ1n) is 11.5. The van der Waals surface area contributed by atoms with Gasteiger partial charge in [0.05, 0.1) is 11.5 Å². The molecular formula is C27H29N3O4S. The van der Waals surface area contributed by atoms with Gasteiger partial charge in [0.15, 0.2) is 0 Å². The zero-order valence-corrected chi connectivity index (χ0v) is 20.5. The second-order valence-corrected chi connectivity index (χ2v) is 9.14. The fourth-order valence-corrected chi connectivity index (χ4v) is 4.21. The van der Waals surface area contributed by atoms with Gasteiger partial charge in [-0.05, 0) is 47.2 Å². The Morgan fingerprint density at radius 3 is 2.34 bits per heavy atom. The number of unbranched alkanes of at least 4 members (excludes halogenated alkanes) is 1. The van der Waals surface area contributed by atoms with Crippen LogP contribution in [0.1, 0.15) is 35.8 Å². The molecule has 8 heteroatoms. The van der Waals surface area contributed by atoms with Gasteiger partial charge in [-0.1, -0.05) is 49.7 Å². The molecule has 3 rings (SSSR count). The van der Waals surface area contributed by atoms with Crippen molar-refractivity contribution in [3.8, 4) is 0 Å². The predicted molar refractivity (Wildman–Crippen MR) is 139 cm³/mol. The van der Waals surface area contributed by atoms with Crippen molar-refractivity contribution in [3.63, 3.8) is 0 Å². The van der Waals surface area contributed by atoms with Gasteiger partial charge in [-0.15, -0.1) is 11.3 Å². The highest BCUT2D eigenvalue weighted by Gasteiger charge is 2.21. The summed E-state index contributed by atoms with van der Waals surface area (Å²) in [5, 5.41) is 12.8. The number of nitro benzene ring substituents is 1. The van der Waals surface area contributed by atoms with E-state index < -0.39 is 4.92 Å². The van der Waals surface area contributed by atoms with Gasteiger partial charge < -0.3 is 9.80 Å². The number of benzene rings is 2. The third-order valence-electron chi connectivity index (χ3n) is 5.44. The first-order chi connectivity index (χ1) is 17.0. The maximum atomic E-state index is 13.4. The summed E-state index contributed by atoms with van der Waals surface area (Å²) >= 11 is 1.60. The first-order valence-corrected chi connectivity index (χ1v) is 12.4. The monoisotopic (exact) mass is 491 g/mol. The number of hydrogen-bond acceptors (Lipinski definition) is 5. The van der Waals surface area contributed by atoms with Gasteiger partial charge in [0, 0.05) is 36.2 Å². The summed E-state index contributed by atoms with van der Waals surface area (Å²) in [6.45, 7) is 3.45. The molecule has 0 unspecified atom stereocenters. The second kappa shape index (κ2) is 13.2. The molecule has 3 aromatic rings. The van der Waals surface area contributed by atoms with Gasteiger partial charge >= 0.3 is 0 Å². The molecule has 0 spiro atoms. The van der Waals surface area contributed by atoms with Crippen LogP contribution < -0.4 is 0 Å². The average molecular weight is 492 g/mol. The average Bonchev–Trinajstić information content (AvgIpc) is 3.38. The van der Waals surface area contributed by atoms with Gasteiger partial charge in [-0.25, -0.2) is 0 Å². The van der Waals surface area contributed by atoms with E-state index in [9.17, 15) is 19.7 Å². The van der Waals surface area contributed by atoms with E-state index in [0.717, 1.165) is 23.3 Å². The Bertz CT molecular complexity index is 1130. The second-order valence-electron chi connectivity index (χ2n) is 8.11. The minimum Gasteiger partial charge on any atom is -0.332 e. The SMILES string of the molecule is CCCCN(CC(=O)N(Cc1ccccc1)Cc1cccs1)C(=O)C=Cc1ccc([N+](=O)[O-])cc1. The lowest BCUT2D eigenvalue weighted by Gasteiger charge is -2.27. The van der Waals surface area contributed by atoms with Crippen molar-refractivity contribution >= 4 is 34.9 Å². The molecule has 0 saturated carbocycles. The molecule has 0 aliphatic carbocycles. The molecule has 182 valence electrons. The van der Waals surface area contributed by atoms with Crippen molar-refractivity contribution in [1.82, 2.24) is 9.80 Å². The number of nitro groups is 1. The van der Waals surface area contributed by atoms with Crippen LogP contribution in [0.5, 0.6) is 0 Å². The molecule has 1 heterocycles. The number of hydrogen-bond donors (Lipinski definition) is 0. The Labute approximate surface area is 209 Å². The molecule has 1 aromatic heterocycles. The molecule has 0 fully saturated rings. The largest absolute Gasteiger partial charge is 0.332 e. The van der Waals surface area contributed by atoms with E-state index in [2.05, 4.69) is 0 Å². The van der Waals surface area contributed by atoms with Crippen LogP contribution in [-0.2, 0) is 22.7 Å². The molecule has 0 N–H and O–H groups in total. The molecule has 0 aliphatic rings. The molecule has 2 aromatic carbocycles. The van der Waals surface area contributed by atoms with Crippen molar-refractivity contribution in [3.05, 3.63) is 104 Å². The molecule has 0 radical (unpaired) electrons. The molecule has 7 nitrogen and oxygen atoms in total. The number of thiophene rings is 1. The zero-order chi connectivity index (χ0) is 25.0. The van der Waals surface area contributed by atoms with Crippen LogP contribution in [0.3, 0.4) is 0 Å². The number of carbonyl (C=O) groups excluding carboxylic acids is 2. The van der Waals surface area contributed by atoms with Crippen molar-refractivity contribution in [2.24, 2.45) is 0 Å². The molecular weight excluding hydrogens is 462 g/mol. The summed E-state index contributed by atoms with van der Waals surface area (Å²) in [5.74, 6) is -0.378. The van der Waals surface area contributed by atoms with Crippen LogP contribution in [-0.4, -0.2) is 39.6 Å². The Hall–Kier alpha value is -3.78. The molecule has 2 amide bonds. The van der Waals surface area contributed by atoms with Crippen LogP contribution in [0.25, 0.3) is 6.08 Å². The predicted octanol–water partition coefficient (Wildman–Crippen LogP) is 5.53. The van der Waals surface area contributed by atoms with Gasteiger partial charge in [-0.2, -0.15) is 0 Å². The third-order valence-corrected chi connectivity index (χ3v) is 6.30. The van der Waals surface area contributed by atoms with E-state index in [-0.39, 0.29) is 24.0 Å². The Balaban J connectivity index is 1.72. The Morgan fingerprint density at radius 2 is 1.71 bits per heavy atom. The highest BCUT2D eigenvalue weighted by Crippen LogP contribution is 2.16. The molecule has 0 aliphatic heterocycles. The van der Waals surface area contributed by atoms with Crippen LogP contribution in [0.4, 0.5) is 5.69 Å². The van der Waals surface area contributed by atoms with E-state index in [1.165, 1.54) is 18.2 Å². The highest BCUT2D eigenvalue weighted by atomic mass is 32.1. The number of nitrogens with zero attached hydrogens (tertiary/aromatic N) is 3. The van der Waals surface area contributed by atoms with Crippen LogP contribution >= 0.6 is 11.3 Å². The summed E-state index contributed by atoms with van der Waals surface area (Å²) in [7, 11) is 0. The molecule has 0 bridgehead atoms. The minimum atomic E-state index is -0.464.